The van der Waals surface area contributed by atoms with Gasteiger partial charge in [0.05, 0.1) is 28.2 Å². The molecule has 0 aliphatic carbocycles. The maximum absolute atomic E-state index is 12.5. The van der Waals surface area contributed by atoms with Crippen molar-refractivity contribution < 1.29 is 24.5 Å². The third kappa shape index (κ3) is 4.40. The first-order chi connectivity index (χ1) is 15.9. The topological polar surface area (TPSA) is 105 Å². The number of hydrogen-bond acceptors (Lipinski definition) is 5. The van der Waals surface area contributed by atoms with Gasteiger partial charge in [-0.3, -0.25) is 4.98 Å². The highest BCUT2D eigenvalue weighted by Gasteiger charge is 2.33. The molecule has 3 aromatic rings. The standard InChI is InChI=1S/C24H25Cl2N3O5/c1-12-18(22(31)32)19(15-6-5-13(25)9-16(15)26)20-17(27-12)11-29(21(20)30)14-7-8-28(10-14)23(33)34-24(2,3)4/h5-6,9,11,14,30H,7-8,10H2,1-4H3,(H,31,32)/t14-/m0/s1. The molecule has 0 unspecified atom stereocenters. The van der Waals surface area contributed by atoms with Gasteiger partial charge >= 0.3 is 12.1 Å². The molecule has 34 heavy (non-hydrogen) atoms. The fraction of sp³-hybridized carbons (Fsp3) is 0.375. The summed E-state index contributed by atoms with van der Waals surface area (Å²) in [6.45, 7) is 7.83. The number of aromatic hydroxyl groups is 1. The third-order valence-electron chi connectivity index (χ3n) is 5.76. The Kier molecular flexibility index (Phi) is 6.16. The summed E-state index contributed by atoms with van der Waals surface area (Å²) >= 11 is 12.5. The number of aromatic nitrogens is 2. The Balaban J connectivity index is 1.83. The minimum absolute atomic E-state index is 0.0495. The molecule has 180 valence electrons. The summed E-state index contributed by atoms with van der Waals surface area (Å²) in [6, 6.07) is 4.53. The van der Waals surface area contributed by atoms with Crippen LogP contribution in [0.1, 0.15) is 49.3 Å². The number of aromatic carboxylic acids is 1. The molecule has 1 amide bonds. The van der Waals surface area contributed by atoms with E-state index in [-0.39, 0.29) is 33.5 Å². The molecule has 0 radical (unpaired) electrons. The zero-order chi connectivity index (χ0) is 24.9. The van der Waals surface area contributed by atoms with E-state index in [0.29, 0.717) is 41.3 Å². The summed E-state index contributed by atoms with van der Waals surface area (Å²) in [5.41, 5.74) is 0.757. The van der Waals surface area contributed by atoms with Crippen LogP contribution < -0.4 is 0 Å². The van der Waals surface area contributed by atoms with Gasteiger partial charge in [-0.1, -0.05) is 29.3 Å². The molecule has 0 bridgehead atoms. The van der Waals surface area contributed by atoms with Gasteiger partial charge in [-0.15, -0.1) is 0 Å². The van der Waals surface area contributed by atoms with E-state index in [1.165, 1.54) is 6.07 Å². The minimum Gasteiger partial charge on any atom is -0.494 e. The molecule has 2 aromatic heterocycles. The molecule has 10 heteroatoms. The van der Waals surface area contributed by atoms with E-state index in [1.807, 2.05) is 0 Å². The molecule has 1 aliphatic heterocycles. The lowest BCUT2D eigenvalue weighted by atomic mass is 9.95. The zero-order valence-corrected chi connectivity index (χ0v) is 20.7. The van der Waals surface area contributed by atoms with E-state index in [0.717, 1.165) is 0 Å². The number of benzene rings is 1. The maximum atomic E-state index is 12.5. The Morgan fingerprint density at radius 1 is 1.24 bits per heavy atom. The molecular formula is C24H25Cl2N3O5. The van der Waals surface area contributed by atoms with Crippen LogP contribution in [0.25, 0.3) is 22.0 Å². The van der Waals surface area contributed by atoms with Crippen LogP contribution in [-0.2, 0) is 4.74 Å². The van der Waals surface area contributed by atoms with Crippen LogP contribution in [-0.4, -0.2) is 55.4 Å². The number of aryl methyl sites for hydroxylation is 1. The van der Waals surface area contributed by atoms with E-state index >= 15 is 0 Å². The Bertz CT molecular complexity index is 1310. The fourth-order valence-corrected chi connectivity index (χ4v) is 4.83. The number of fused-ring (bicyclic) bond motifs is 1. The molecular weight excluding hydrogens is 481 g/mol. The predicted octanol–water partition coefficient (Wildman–Crippen LogP) is 5.90. The SMILES string of the molecule is Cc1nc2cn([C@H]3CCN(C(=O)OC(C)(C)C)C3)c(O)c2c(-c2ccc(Cl)cc2Cl)c1C(=O)O. The normalized spacial score (nSPS) is 16.3. The van der Waals surface area contributed by atoms with Gasteiger partial charge in [0.25, 0.3) is 0 Å². The van der Waals surface area contributed by atoms with Gasteiger partial charge in [0.1, 0.15) is 5.60 Å². The third-order valence-corrected chi connectivity index (χ3v) is 6.31. The van der Waals surface area contributed by atoms with Crippen LogP contribution in [0.4, 0.5) is 4.79 Å². The summed E-state index contributed by atoms with van der Waals surface area (Å²) in [5, 5.41) is 22.2. The number of carboxylic acids is 1. The van der Waals surface area contributed by atoms with E-state index in [2.05, 4.69) is 4.98 Å². The molecule has 4 rings (SSSR count). The quantitative estimate of drug-likeness (QED) is 0.458. The van der Waals surface area contributed by atoms with Crippen LogP contribution in [0.2, 0.25) is 10.0 Å². The molecule has 1 atom stereocenters. The Hall–Kier alpha value is -2.97. The van der Waals surface area contributed by atoms with Crippen LogP contribution in [0.15, 0.2) is 24.4 Å². The summed E-state index contributed by atoms with van der Waals surface area (Å²) in [7, 11) is 0. The first-order valence-electron chi connectivity index (χ1n) is 10.8. The Labute approximate surface area is 206 Å². The monoisotopic (exact) mass is 505 g/mol. The van der Waals surface area contributed by atoms with Gasteiger partial charge < -0.3 is 24.4 Å². The van der Waals surface area contributed by atoms with Crippen molar-refractivity contribution >= 4 is 46.2 Å². The first-order valence-corrected chi connectivity index (χ1v) is 11.5. The van der Waals surface area contributed by atoms with Crippen molar-refractivity contribution in [2.45, 2.75) is 45.8 Å². The number of likely N-dealkylation sites (tertiary alicyclic amines) is 1. The van der Waals surface area contributed by atoms with E-state index in [4.69, 9.17) is 27.9 Å². The number of ether oxygens (including phenoxy) is 1. The van der Waals surface area contributed by atoms with Crippen molar-refractivity contribution in [2.75, 3.05) is 13.1 Å². The molecule has 1 fully saturated rings. The average Bonchev–Trinajstić information content (AvgIpc) is 3.31. The zero-order valence-electron chi connectivity index (χ0n) is 19.2. The second-order valence-corrected chi connectivity index (χ2v) is 10.2. The smallest absolute Gasteiger partial charge is 0.410 e. The molecule has 1 saturated heterocycles. The van der Waals surface area contributed by atoms with Gasteiger partial charge in [0.15, 0.2) is 0 Å². The van der Waals surface area contributed by atoms with Crippen LogP contribution in [0.5, 0.6) is 5.88 Å². The number of carboxylic acid groups (broad SMARTS) is 1. The van der Waals surface area contributed by atoms with Crippen molar-refractivity contribution in [3.63, 3.8) is 0 Å². The van der Waals surface area contributed by atoms with Crippen molar-refractivity contribution in [1.29, 1.82) is 0 Å². The lowest BCUT2D eigenvalue weighted by Gasteiger charge is -2.24. The van der Waals surface area contributed by atoms with Gasteiger partial charge in [-0.25, -0.2) is 9.59 Å². The van der Waals surface area contributed by atoms with Gasteiger partial charge in [-0.05, 0) is 46.2 Å². The van der Waals surface area contributed by atoms with Crippen molar-refractivity contribution in [1.82, 2.24) is 14.5 Å². The van der Waals surface area contributed by atoms with Crippen molar-refractivity contribution in [3.05, 3.63) is 45.7 Å². The number of carbonyl (C=O) groups excluding carboxylic acids is 1. The van der Waals surface area contributed by atoms with E-state index in [9.17, 15) is 19.8 Å². The number of nitrogens with zero attached hydrogens (tertiary/aromatic N) is 3. The summed E-state index contributed by atoms with van der Waals surface area (Å²) in [6.07, 6.45) is 1.86. The number of hydrogen-bond donors (Lipinski definition) is 2. The molecule has 0 spiro atoms. The van der Waals surface area contributed by atoms with Crippen LogP contribution in [0.3, 0.4) is 0 Å². The predicted molar refractivity (Wildman–Crippen MR) is 130 cm³/mol. The summed E-state index contributed by atoms with van der Waals surface area (Å²) in [5.74, 6) is -1.32. The molecule has 1 aliphatic rings. The van der Waals surface area contributed by atoms with Crippen molar-refractivity contribution in [2.24, 2.45) is 0 Å². The van der Waals surface area contributed by atoms with Crippen LogP contribution >= 0.6 is 23.2 Å². The number of halogens is 2. The molecule has 0 saturated carbocycles. The second-order valence-electron chi connectivity index (χ2n) is 9.37. The largest absolute Gasteiger partial charge is 0.494 e. The highest BCUT2D eigenvalue weighted by molar-refractivity contribution is 6.37. The average molecular weight is 506 g/mol. The molecule has 1 aromatic carbocycles. The summed E-state index contributed by atoms with van der Waals surface area (Å²) in [4.78, 5) is 30.7. The number of rotatable bonds is 3. The highest BCUT2D eigenvalue weighted by atomic mass is 35.5. The maximum Gasteiger partial charge on any atom is 0.410 e. The Morgan fingerprint density at radius 2 is 1.94 bits per heavy atom. The van der Waals surface area contributed by atoms with E-state index < -0.39 is 17.7 Å². The van der Waals surface area contributed by atoms with Crippen LogP contribution in [0, 0.1) is 6.92 Å². The number of pyridine rings is 1. The minimum atomic E-state index is -1.18. The summed E-state index contributed by atoms with van der Waals surface area (Å²) < 4.78 is 7.10. The fourth-order valence-electron chi connectivity index (χ4n) is 4.33. The molecule has 3 heterocycles. The highest BCUT2D eigenvalue weighted by Crippen LogP contribution is 2.44. The molecule has 8 nitrogen and oxygen atoms in total. The Morgan fingerprint density at radius 3 is 2.56 bits per heavy atom. The van der Waals surface area contributed by atoms with E-state index in [1.54, 1.807) is 55.5 Å². The number of amides is 1. The van der Waals surface area contributed by atoms with Gasteiger partial charge in [0, 0.05) is 40.5 Å². The molecule has 2 N–H and O–H groups in total. The lowest BCUT2D eigenvalue weighted by Crippen LogP contribution is -2.35. The lowest BCUT2D eigenvalue weighted by molar-refractivity contribution is 0.0288. The van der Waals surface area contributed by atoms with Gasteiger partial charge in [0.2, 0.25) is 5.88 Å². The number of carbonyl (C=O) groups is 2. The second kappa shape index (κ2) is 8.67. The van der Waals surface area contributed by atoms with Crippen molar-refractivity contribution in [3.8, 4) is 17.0 Å². The van der Waals surface area contributed by atoms with Gasteiger partial charge in [-0.2, -0.15) is 0 Å². The first kappa shape index (κ1) is 24.2.